The highest BCUT2D eigenvalue weighted by Crippen LogP contribution is 2.18. The van der Waals surface area contributed by atoms with Crippen LogP contribution in [0.3, 0.4) is 0 Å². The molecule has 1 aromatic carbocycles. The van der Waals surface area contributed by atoms with E-state index in [0.717, 1.165) is 12.8 Å². The zero-order valence-electron chi connectivity index (χ0n) is 19.8. The van der Waals surface area contributed by atoms with Crippen LogP contribution in [0.4, 0.5) is 0 Å². The van der Waals surface area contributed by atoms with Crippen molar-refractivity contribution in [3.8, 4) is 0 Å². The first-order chi connectivity index (χ1) is 14.9. The number of hydrogen-bond donors (Lipinski definition) is 2. The van der Waals surface area contributed by atoms with Crippen molar-refractivity contribution in [2.24, 2.45) is 0 Å². The van der Waals surface area contributed by atoms with Gasteiger partial charge in [-0.3, -0.25) is 0 Å². The maximum absolute atomic E-state index is 8.80. The molecule has 0 saturated heterocycles. The van der Waals surface area contributed by atoms with Gasteiger partial charge in [-0.1, -0.05) is 114 Å². The summed E-state index contributed by atoms with van der Waals surface area (Å²) in [5.74, 6) is 0. The zero-order chi connectivity index (χ0) is 21.5. The van der Waals surface area contributed by atoms with E-state index in [1.807, 2.05) is 0 Å². The van der Waals surface area contributed by atoms with E-state index >= 15 is 0 Å². The van der Waals surface area contributed by atoms with E-state index < -0.39 is 0 Å². The number of hydrogen-bond acceptors (Lipinski definition) is 2. The number of aliphatic hydroxyl groups excluding tert-OH is 2. The van der Waals surface area contributed by atoms with Gasteiger partial charge in [0.2, 0.25) is 0 Å². The molecule has 0 heterocycles. The van der Waals surface area contributed by atoms with Crippen molar-refractivity contribution in [3.05, 3.63) is 35.4 Å². The molecule has 2 N–H and O–H groups in total. The van der Waals surface area contributed by atoms with Gasteiger partial charge in [-0.15, -0.1) is 0 Å². The predicted octanol–water partition coefficient (Wildman–Crippen LogP) is 7.78. The highest BCUT2D eigenvalue weighted by atomic mass is 16.3. The van der Waals surface area contributed by atoms with Gasteiger partial charge in [0, 0.05) is 13.2 Å². The summed E-state index contributed by atoms with van der Waals surface area (Å²) in [7, 11) is 0. The van der Waals surface area contributed by atoms with Crippen LogP contribution in [0, 0.1) is 0 Å². The molecule has 0 atom stereocenters. The Bertz CT molecular complexity index is 428. The fourth-order valence-corrected chi connectivity index (χ4v) is 4.37. The minimum atomic E-state index is 0.355. The molecule has 1 aromatic rings. The summed E-state index contributed by atoms with van der Waals surface area (Å²) in [6.45, 7) is 0.711. The van der Waals surface area contributed by atoms with Gasteiger partial charge in [0.1, 0.15) is 0 Å². The molecular formula is C28H50O2. The smallest absolute Gasteiger partial charge is 0.0431 e. The first kappa shape index (κ1) is 27.2. The summed E-state index contributed by atoms with van der Waals surface area (Å²) < 4.78 is 0. The van der Waals surface area contributed by atoms with Gasteiger partial charge in [0.25, 0.3) is 0 Å². The summed E-state index contributed by atoms with van der Waals surface area (Å²) in [5, 5.41) is 17.6. The van der Waals surface area contributed by atoms with E-state index in [0.29, 0.717) is 13.2 Å². The van der Waals surface area contributed by atoms with Gasteiger partial charge in [0.15, 0.2) is 0 Å². The Hall–Kier alpha value is -0.860. The van der Waals surface area contributed by atoms with E-state index in [9.17, 15) is 0 Å². The molecule has 0 aliphatic carbocycles. The Morgan fingerprint density at radius 2 is 0.633 bits per heavy atom. The molecule has 0 spiro atoms. The fourth-order valence-electron chi connectivity index (χ4n) is 4.37. The predicted molar refractivity (Wildman–Crippen MR) is 131 cm³/mol. The van der Waals surface area contributed by atoms with E-state index in [1.165, 1.54) is 116 Å². The van der Waals surface area contributed by atoms with Crippen molar-refractivity contribution in [1.29, 1.82) is 0 Å². The zero-order valence-corrected chi connectivity index (χ0v) is 19.8. The summed E-state index contributed by atoms with van der Waals surface area (Å²) in [6, 6.07) is 9.12. The van der Waals surface area contributed by atoms with Crippen molar-refractivity contribution in [3.63, 3.8) is 0 Å². The van der Waals surface area contributed by atoms with Crippen molar-refractivity contribution in [2.75, 3.05) is 13.2 Å². The molecule has 2 nitrogen and oxygen atoms in total. The third-order valence-electron chi connectivity index (χ3n) is 6.33. The largest absolute Gasteiger partial charge is 0.396 e. The lowest BCUT2D eigenvalue weighted by Crippen LogP contribution is -1.95. The molecule has 0 radical (unpaired) electrons. The van der Waals surface area contributed by atoms with Crippen LogP contribution in [0.2, 0.25) is 0 Å². The Kier molecular flexibility index (Phi) is 19.4. The monoisotopic (exact) mass is 418 g/mol. The highest BCUT2D eigenvalue weighted by Gasteiger charge is 2.02. The van der Waals surface area contributed by atoms with Crippen LogP contribution in [-0.4, -0.2) is 23.4 Å². The van der Waals surface area contributed by atoms with E-state index in [1.54, 1.807) is 11.1 Å². The molecule has 1 rings (SSSR count). The molecule has 174 valence electrons. The number of rotatable bonds is 22. The molecule has 0 unspecified atom stereocenters. The van der Waals surface area contributed by atoms with Crippen LogP contribution >= 0.6 is 0 Å². The number of aliphatic hydroxyl groups is 2. The minimum Gasteiger partial charge on any atom is -0.396 e. The van der Waals surface area contributed by atoms with Crippen molar-refractivity contribution in [1.82, 2.24) is 0 Å². The van der Waals surface area contributed by atoms with Gasteiger partial charge >= 0.3 is 0 Å². The maximum atomic E-state index is 8.80. The second kappa shape index (κ2) is 21.4. The lowest BCUT2D eigenvalue weighted by atomic mass is 9.96. The van der Waals surface area contributed by atoms with Crippen molar-refractivity contribution in [2.45, 2.75) is 128 Å². The van der Waals surface area contributed by atoms with E-state index in [-0.39, 0.29) is 0 Å². The topological polar surface area (TPSA) is 40.5 Å². The molecule has 0 amide bonds. The SMILES string of the molecule is OCCCCCCCCCCCc1ccccc1CCCCCCCCCCCO. The molecular weight excluding hydrogens is 368 g/mol. The maximum Gasteiger partial charge on any atom is 0.0431 e. The lowest BCUT2D eigenvalue weighted by Gasteiger charge is -2.10. The molecule has 0 saturated carbocycles. The van der Waals surface area contributed by atoms with Crippen LogP contribution in [0.15, 0.2) is 24.3 Å². The van der Waals surface area contributed by atoms with Crippen LogP contribution < -0.4 is 0 Å². The molecule has 0 aliphatic rings. The second-order valence-electron chi connectivity index (χ2n) is 9.08. The van der Waals surface area contributed by atoms with Crippen LogP contribution in [0.25, 0.3) is 0 Å². The molecule has 0 aromatic heterocycles. The Morgan fingerprint density at radius 1 is 0.367 bits per heavy atom. The number of benzene rings is 1. The van der Waals surface area contributed by atoms with Gasteiger partial charge in [0.05, 0.1) is 0 Å². The molecule has 30 heavy (non-hydrogen) atoms. The highest BCUT2D eigenvalue weighted by molar-refractivity contribution is 5.27. The van der Waals surface area contributed by atoms with Gasteiger partial charge in [-0.2, -0.15) is 0 Å². The summed E-state index contributed by atoms with van der Waals surface area (Å²) >= 11 is 0. The molecule has 0 aliphatic heterocycles. The fraction of sp³-hybridized carbons (Fsp3) is 0.786. The normalized spacial score (nSPS) is 11.3. The summed E-state index contributed by atoms with van der Waals surface area (Å²) in [5.41, 5.74) is 3.18. The molecule has 2 heteroatoms. The first-order valence-corrected chi connectivity index (χ1v) is 13.2. The summed E-state index contributed by atoms with van der Waals surface area (Å²) in [6.07, 6.45) is 25.7. The second-order valence-corrected chi connectivity index (χ2v) is 9.08. The van der Waals surface area contributed by atoms with Gasteiger partial charge in [-0.05, 0) is 49.7 Å². The molecule has 0 fully saturated rings. The van der Waals surface area contributed by atoms with Crippen LogP contribution in [0.1, 0.15) is 127 Å². The summed E-state index contributed by atoms with van der Waals surface area (Å²) in [4.78, 5) is 0. The van der Waals surface area contributed by atoms with Gasteiger partial charge < -0.3 is 10.2 Å². The average molecular weight is 419 g/mol. The van der Waals surface area contributed by atoms with E-state index in [2.05, 4.69) is 24.3 Å². The van der Waals surface area contributed by atoms with Crippen molar-refractivity contribution >= 4 is 0 Å². The minimum absolute atomic E-state index is 0.355. The third-order valence-corrected chi connectivity index (χ3v) is 6.33. The van der Waals surface area contributed by atoms with E-state index in [4.69, 9.17) is 10.2 Å². The lowest BCUT2D eigenvalue weighted by molar-refractivity contribution is 0.282. The molecule has 0 bridgehead atoms. The standard InChI is InChI=1S/C28H50O2/c29-25-19-13-9-5-1-3-7-11-15-21-27-23-17-18-24-28(27)22-16-12-8-4-2-6-10-14-20-26-30/h17-18,23-24,29-30H,1-16,19-22,25-26H2. The van der Waals surface area contributed by atoms with Crippen LogP contribution in [0.5, 0.6) is 0 Å². The Balaban J connectivity index is 2.02. The quantitative estimate of drug-likeness (QED) is 0.189. The van der Waals surface area contributed by atoms with Crippen molar-refractivity contribution < 1.29 is 10.2 Å². The number of unbranched alkanes of at least 4 members (excludes halogenated alkanes) is 16. The Morgan fingerprint density at radius 3 is 0.933 bits per heavy atom. The Labute approximate surface area is 187 Å². The first-order valence-electron chi connectivity index (χ1n) is 13.2. The third kappa shape index (κ3) is 15.9. The van der Waals surface area contributed by atoms with Crippen LogP contribution in [-0.2, 0) is 12.8 Å². The number of aryl methyl sites for hydroxylation is 2. The average Bonchev–Trinajstić information content (AvgIpc) is 2.77. The van der Waals surface area contributed by atoms with Gasteiger partial charge in [-0.25, -0.2) is 0 Å².